The Labute approximate surface area is 48.3 Å². The van der Waals surface area contributed by atoms with Crippen molar-refractivity contribution < 1.29 is 13.3 Å². The first-order chi connectivity index (χ1) is 3.62. The summed E-state index contributed by atoms with van der Waals surface area (Å²) in [6.07, 6.45) is 0.0697. The molecule has 0 aromatic carbocycles. The van der Waals surface area contributed by atoms with E-state index in [4.69, 9.17) is 0 Å². The largest absolute Gasteiger partial charge is 0.325 e. The Morgan fingerprint density at radius 3 is 2.25 bits per heavy atom. The molecule has 0 rings (SSSR count). The van der Waals surface area contributed by atoms with E-state index in [0.717, 1.165) is 0 Å². The summed E-state index contributed by atoms with van der Waals surface area (Å²) in [4.78, 5) is 0. The second-order valence-electron chi connectivity index (χ2n) is 1.51. The zero-order chi connectivity index (χ0) is 6.62. The zero-order valence-electron chi connectivity index (χ0n) is 4.53. The van der Waals surface area contributed by atoms with Crippen molar-refractivity contribution in [3.05, 3.63) is 0 Å². The Kier molecular flexibility index (Phi) is 3.06. The number of rotatable bonds is 3. The summed E-state index contributed by atoms with van der Waals surface area (Å²) < 4.78 is 33.2. The SMILES string of the molecule is CCCC(F)(F)P=O. The highest BCUT2D eigenvalue weighted by Crippen LogP contribution is 2.31. The molecule has 0 fully saturated rings. The third-order valence-corrected chi connectivity index (χ3v) is 1.18. The lowest BCUT2D eigenvalue weighted by atomic mass is 10.3. The molecule has 0 saturated carbocycles. The molecule has 8 heavy (non-hydrogen) atoms. The Balaban J connectivity index is 3.53. The number of hydrogen-bond donors (Lipinski definition) is 0. The van der Waals surface area contributed by atoms with Gasteiger partial charge in [0, 0.05) is 6.42 Å². The van der Waals surface area contributed by atoms with Crippen molar-refractivity contribution in [2.75, 3.05) is 0 Å². The molecular weight excluding hydrogens is 133 g/mol. The Morgan fingerprint density at radius 2 is 2.12 bits per heavy atom. The van der Waals surface area contributed by atoms with Crippen LogP contribution in [0.25, 0.3) is 0 Å². The average molecular weight is 140 g/mol. The predicted molar refractivity (Wildman–Crippen MR) is 27.5 cm³/mol. The molecule has 0 N–H and O–H groups in total. The molecule has 1 nitrogen and oxygen atoms in total. The molecule has 0 spiro atoms. The van der Waals surface area contributed by atoms with Crippen LogP contribution >= 0.6 is 8.46 Å². The fraction of sp³-hybridized carbons (Fsp3) is 1.00. The van der Waals surface area contributed by atoms with Crippen molar-refractivity contribution in [1.82, 2.24) is 0 Å². The summed E-state index contributed by atoms with van der Waals surface area (Å²) >= 11 is 0. The van der Waals surface area contributed by atoms with E-state index in [-0.39, 0.29) is 6.42 Å². The molecule has 48 valence electrons. The monoisotopic (exact) mass is 140 g/mol. The lowest BCUT2D eigenvalue weighted by molar-refractivity contribution is 0.0872. The van der Waals surface area contributed by atoms with Crippen LogP contribution in [0.3, 0.4) is 0 Å². The molecule has 0 unspecified atom stereocenters. The van der Waals surface area contributed by atoms with Gasteiger partial charge in [0.25, 0.3) is 0 Å². The number of hydrogen-bond acceptors (Lipinski definition) is 1. The molecule has 0 bridgehead atoms. The van der Waals surface area contributed by atoms with Gasteiger partial charge in [0.2, 0.25) is 8.46 Å². The van der Waals surface area contributed by atoms with E-state index in [0.29, 0.717) is 6.42 Å². The van der Waals surface area contributed by atoms with E-state index in [1.165, 1.54) is 0 Å². The number of alkyl halides is 2. The van der Waals surface area contributed by atoms with Gasteiger partial charge in [-0.05, 0) is 6.42 Å². The first kappa shape index (κ1) is 7.96. The van der Waals surface area contributed by atoms with Gasteiger partial charge in [0.05, 0.1) is 0 Å². The molecular formula is C4H7F2OP. The van der Waals surface area contributed by atoms with Crippen LogP contribution in [0.15, 0.2) is 0 Å². The molecule has 0 aromatic heterocycles. The van der Waals surface area contributed by atoms with Crippen molar-refractivity contribution in [3.63, 3.8) is 0 Å². The molecule has 0 aliphatic heterocycles. The van der Waals surface area contributed by atoms with Gasteiger partial charge in [-0.15, -0.1) is 0 Å². The van der Waals surface area contributed by atoms with Crippen molar-refractivity contribution >= 4 is 8.46 Å². The molecule has 0 aliphatic rings. The standard InChI is InChI=1S/C4H7F2OP/c1-2-3-4(5,6)8-7/h2-3H2,1H3. The smallest absolute Gasteiger partial charge is 0.268 e. The van der Waals surface area contributed by atoms with E-state index < -0.39 is 14.1 Å². The minimum atomic E-state index is -2.99. The van der Waals surface area contributed by atoms with E-state index in [1.807, 2.05) is 0 Å². The molecule has 0 radical (unpaired) electrons. The minimum Gasteiger partial charge on any atom is -0.268 e. The van der Waals surface area contributed by atoms with Gasteiger partial charge in [-0.2, -0.15) is 8.78 Å². The van der Waals surface area contributed by atoms with E-state index in [9.17, 15) is 13.3 Å². The third kappa shape index (κ3) is 3.03. The fourth-order valence-electron chi connectivity index (χ4n) is 0.346. The maximum atomic E-state index is 11.8. The number of halogens is 2. The van der Waals surface area contributed by atoms with Gasteiger partial charge in [0.15, 0.2) is 0 Å². The maximum absolute atomic E-state index is 11.8. The summed E-state index contributed by atoms with van der Waals surface area (Å²) in [5, 5.41) is 0. The molecule has 0 heterocycles. The van der Waals surface area contributed by atoms with Crippen LogP contribution in [0, 0.1) is 0 Å². The fourth-order valence-corrected chi connectivity index (χ4v) is 0.661. The van der Waals surface area contributed by atoms with Gasteiger partial charge in [-0.1, -0.05) is 6.92 Å². The molecule has 0 atom stereocenters. The Morgan fingerprint density at radius 1 is 1.62 bits per heavy atom. The summed E-state index contributed by atoms with van der Waals surface area (Å²) in [5.41, 5.74) is -2.99. The van der Waals surface area contributed by atoms with Crippen LogP contribution in [0.4, 0.5) is 8.78 Å². The molecule has 4 heteroatoms. The summed E-state index contributed by atoms with van der Waals surface area (Å²) in [5.74, 6) is 0. The lowest BCUT2D eigenvalue weighted by Gasteiger charge is -2.02. The first-order valence-electron chi connectivity index (χ1n) is 2.34. The van der Waals surface area contributed by atoms with Gasteiger partial charge < -0.3 is 0 Å². The normalized spacial score (nSPS) is 12.4. The topological polar surface area (TPSA) is 17.1 Å². The van der Waals surface area contributed by atoms with E-state index in [1.54, 1.807) is 6.92 Å². The summed E-state index contributed by atoms with van der Waals surface area (Å²) in [6, 6.07) is 0. The second-order valence-corrected chi connectivity index (χ2v) is 2.34. The first-order valence-corrected chi connectivity index (χ1v) is 3.16. The highest BCUT2D eigenvalue weighted by atomic mass is 31.1. The predicted octanol–water partition coefficient (Wildman–Crippen LogP) is 2.67. The van der Waals surface area contributed by atoms with Crippen molar-refractivity contribution in [2.24, 2.45) is 0 Å². The van der Waals surface area contributed by atoms with Gasteiger partial charge in [-0.25, -0.2) is 0 Å². The van der Waals surface area contributed by atoms with Crippen LogP contribution in [0.2, 0.25) is 0 Å². The second kappa shape index (κ2) is 3.08. The quantitative estimate of drug-likeness (QED) is 0.550. The summed E-state index contributed by atoms with van der Waals surface area (Å²) in [6.45, 7) is 1.62. The molecule has 0 saturated heterocycles. The molecule has 0 amide bonds. The van der Waals surface area contributed by atoms with E-state index in [2.05, 4.69) is 0 Å². The van der Waals surface area contributed by atoms with Crippen LogP contribution in [0.5, 0.6) is 0 Å². The highest BCUT2D eigenvalue weighted by Gasteiger charge is 2.27. The van der Waals surface area contributed by atoms with Crippen molar-refractivity contribution in [1.29, 1.82) is 0 Å². The third-order valence-electron chi connectivity index (χ3n) is 0.684. The van der Waals surface area contributed by atoms with Crippen molar-refractivity contribution in [3.8, 4) is 0 Å². The Hall–Kier alpha value is -0.0400. The lowest BCUT2D eigenvalue weighted by Crippen LogP contribution is -2.03. The zero-order valence-corrected chi connectivity index (χ0v) is 5.42. The van der Waals surface area contributed by atoms with Crippen LogP contribution < -0.4 is 0 Å². The van der Waals surface area contributed by atoms with Gasteiger partial charge in [-0.3, -0.25) is 4.57 Å². The minimum absolute atomic E-state index is 0.294. The van der Waals surface area contributed by atoms with Crippen molar-refractivity contribution in [2.45, 2.75) is 25.4 Å². The average Bonchev–Trinajstić information content (AvgIpc) is 1.67. The summed E-state index contributed by atoms with van der Waals surface area (Å²) in [7, 11) is -1.06. The van der Waals surface area contributed by atoms with E-state index >= 15 is 0 Å². The highest BCUT2D eigenvalue weighted by molar-refractivity contribution is 7.25. The van der Waals surface area contributed by atoms with Gasteiger partial charge in [0.1, 0.15) is 0 Å². The Bertz CT molecular complexity index is 84.1. The van der Waals surface area contributed by atoms with Crippen LogP contribution in [0.1, 0.15) is 19.8 Å². The van der Waals surface area contributed by atoms with Crippen LogP contribution in [-0.4, -0.2) is 5.66 Å². The molecule has 0 aliphatic carbocycles. The van der Waals surface area contributed by atoms with Gasteiger partial charge >= 0.3 is 5.66 Å². The van der Waals surface area contributed by atoms with Crippen LogP contribution in [-0.2, 0) is 4.57 Å². The molecule has 0 aromatic rings. The maximum Gasteiger partial charge on any atom is 0.325 e.